The lowest BCUT2D eigenvalue weighted by molar-refractivity contribution is 0.686. The maximum Gasteiger partial charge on any atom is 0.0648 e. The maximum absolute atomic E-state index is 5.85. The maximum atomic E-state index is 5.85. The van der Waals surface area contributed by atoms with E-state index in [1.807, 2.05) is 12.3 Å². The van der Waals surface area contributed by atoms with Crippen molar-refractivity contribution < 1.29 is 0 Å². The molecule has 18 heavy (non-hydrogen) atoms. The van der Waals surface area contributed by atoms with E-state index in [0.29, 0.717) is 11.9 Å². The van der Waals surface area contributed by atoms with Crippen LogP contribution in [0, 0.1) is 0 Å². The zero-order chi connectivity index (χ0) is 13.0. The number of alkyl halides is 1. The Bertz CT molecular complexity index is 482. The van der Waals surface area contributed by atoms with Crippen LogP contribution in [-0.4, -0.2) is 11.0 Å². The minimum absolute atomic E-state index is 0.442. The van der Waals surface area contributed by atoms with Gasteiger partial charge < -0.3 is 4.90 Å². The zero-order valence-corrected chi connectivity index (χ0v) is 12.2. The number of anilines is 1. The normalized spacial score (nSPS) is 10.9. The van der Waals surface area contributed by atoms with Crippen LogP contribution in [0.4, 0.5) is 5.69 Å². The average molecular weight is 281 g/mol. The molecule has 0 aliphatic carbocycles. The van der Waals surface area contributed by atoms with Crippen molar-refractivity contribution in [1.29, 1.82) is 0 Å². The molecule has 2 heterocycles. The molecule has 2 rings (SSSR count). The number of pyridine rings is 1. The molecule has 0 saturated carbocycles. The molecule has 0 saturated heterocycles. The Morgan fingerprint density at radius 1 is 1.39 bits per heavy atom. The number of rotatable bonds is 5. The lowest BCUT2D eigenvalue weighted by Crippen LogP contribution is -2.29. The second-order valence-electron chi connectivity index (χ2n) is 4.44. The molecule has 0 bridgehead atoms. The SMILES string of the molecule is CC(C)N(Cc1cccs1)c1ccnc(CCl)c1. The third kappa shape index (κ3) is 3.24. The molecule has 0 aromatic carbocycles. The number of hydrogen-bond acceptors (Lipinski definition) is 3. The lowest BCUT2D eigenvalue weighted by Gasteiger charge is -2.28. The molecular weight excluding hydrogens is 264 g/mol. The Morgan fingerprint density at radius 2 is 2.22 bits per heavy atom. The number of halogens is 1. The van der Waals surface area contributed by atoms with Crippen LogP contribution < -0.4 is 4.90 Å². The van der Waals surface area contributed by atoms with Crippen LogP contribution >= 0.6 is 22.9 Å². The van der Waals surface area contributed by atoms with Crippen molar-refractivity contribution in [3.63, 3.8) is 0 Å². The van der Waals surface area contributed by atoms with Crippen molar-refractivity contribution >= 4 is 28.6 Å². The standard InChI is InChI=1S/C14H17ClN2S/c1-11(2)17(10-14-4-3-7-18-14)13-5-6-16-12(8-13)9-15/h3-8,11H,9-10H2,1-2H3. The van der Waals surface area contributed by atoms with Crippen LogP contribution in [0.3, 0.4) is 0 Å². The molecule has 0 atom stereocenters. The monoisotopic (exact) mass is 280 g/mol. The predicted molar refractivity (Wildman–Crippen MR) is 79.4 cm³/mol. The van der Waals surface area contributed by atoms with Gasteiger partial charge in [-0.2, -0.15) is 0 Å². The van der Waals surface area contributed by atoms with Gasteiger partial charge >= 0.3 is 0 Å². The van der Waals surface area contributed by atoms with Crippen molar-refractivity contribution in [2.75, 3.05) is 4.90 Å². The number of hydrogen-bond donors (Lipinski definition) is 0. The fourth-order valence-electron chi connectivity index (χ4n) is 1.86. The Balaban J connectivity index is 2.23. The van der Waals surface area contributed by atoms with Crippen LogP contribution in [0.1, 0.15) is 24.4 Å². The van der Waals surface area contributed by atoms with E-state index in [4.69, 9.17) is 11.6 Å². The van der Waals surface area contributed by atoms with E-state index in [0.717, 1.165) is 12.2 Å². The molecule has 2 aromatic heterocycles. The second-order valence-corrected chi connectivity index (χ2v) is 5.74. The van der Waals surface area contributed by atoms with Gasteiger partial charge in [0.25, 0.3) is 0 Å². The summed E-state index contributed by atoms with van der Waals surface area (Å²) in [5.41, 5.74) is 2.11. The first-order valence-corrected chi connectivity index (χ1v) is 7.42. The largest absolute Gasteiger partial charge is 0.364 e. The third-order valence-electron chi connectivity index (χ3n) is 2.80. The zero-order valence-electron chi connectivity index (χ0n) is 10.6. The highest BCUT2D eigenvalue weighted by Crippen LogP contribution is 2.22. The molecule has 0 radical (unpaired) electrons. The number of aromatic nitrogens is 1. The van der Waals surface area contributed by atoms with E-state index in [1.54, 1.807) is 11.3 Å². The molecule has 96 valence electrons. The highest BCUT2D eigenvalue weighted by Gasteiger charge is 2.12. The summed E-state index contributed by atoms with van der Waals surface area (Å²) in [7, 11) is 0. The molecule has 0 aliphatic rings. The van der Waals surface area contributed by atoms with Crippen molar-refractivity contribution in [2.24, 2.45) is 0 Å². The quantitative estimate of drug-likeness (QED) is 0.759. The molecule has 2 nitrogen and oxygen atoms in total. The Labute approximate surface area is 117 Å². The summed E-state index contributed by atoms with van der Waals surface area (Å²) in [5, 5.41) is 2.12. The lowest BCUT2D eigenvalue weighted by atomic mass is 10.2. The van der Waals surface area contributed by atoms with Gasteiger partial charge in [-0.25, -0.2) is 0 Å². The van der Waals surface area contributed by atoms with Crippen LogP contribution in [0.5, 0.6) is 0 Å². The van der Waals surface area contributed by atoms with Gasteiger partial charge in [0.2, 0.25) is 0 Å². The van der Waals surface area contributed by atoms with Gasteiger partial charge in [-0.3, -0.25) is 4.98 Å². The first-order chi connectivity index (χ1) is 8.70. The van der Waals surface area contributed by atoms with Gasteiger partial charge in [0.1, 0.15) is 0 Å². The van der Waals surface area contributed by atoms with Crippen molar-refractivity contribution in [2.45, 2.75) is 32.3 Å². The smallest absolute Gasteiger partial charge is 0.0648 e. The summed E-state index contributed by atoms with van der Waals surface area (Å²) in [4.78, 5) is 7.97. The molecule has 0 fully saturated rings. The summed E-state index contributed by atoms with van der Waals surface area (Å²) >= 11 is 7.64. The summed E-state index contributed by atoms with van der Waals surface area (Å²) in [6.45, 7) is 5.34. The molecule has 0 amide bonds. The van der Waals surface area contributed by atoms with Gasteiger partial charge in [-0.1, -0.05) is 6.07 Å². The summed E-state index contributed by atoms with van der Waals surface area (Å²) in [5.74, 6) is 0.457. The fraction of sp³-hybridized carbons (Fsp3) is 0.357. The molecule has 0 aliphatic heterocycles. The van der Waals surface area contributed by atoms with Crippen LogP contribution in [-0.2, 0) is 12.4 Å². The Hall–Kier alpha value is -1.06. The van der Waals surface area contributed by atoms with Gasteiger partial charge in [-0.15, -0.1) is 22.9 Å². The van der Waals surface area contributed by atoms with Gasteiger partial charge in [-0.05, 0) is 37.4 Å². The topological polar surface area (TPSA) is 16.1 Å². The van der Waals surface area contributed by atoms with Crippen molar-refractivity contribution in [3.8, 4) is 0 Å². The van der Waals surface area contributed by atoms with Gasteiger partial charge in [0.05, 0.1) is 18.1 Å². The minimum atomic E-state index is 0.442. The molecular formula is C14H17ClN2S. The van der Waals surface area contributed by atoms with Gasteiger partial charge in [0, 0.05) is 22.8 Å². The third-order valence-corrected chi connectivity index (χ3v) is 3.93. The molecule has 2 aromatic rings. The first kappa shape index (κ1) is 13.4. The van der Waals surface area contributed by atoms with E-state index >= 15 is 0 Å². The average Bonchev–Trinajstić information content (AvgIpc) is 2.88. The van der Waals surface area contributed by atoms with E-state index in [2.05, 4.69) is 47.3 Å². The predicted octanol–water partition coefficient (Wildman–Crippen LogP) is 4.30. The fourth-order valence-corrected chi connectivity index (χ4v) is 2.71. The summed E-state index contributed by atoms with van der Waals surface area (Å²) in [6.07, 6.45) is 1.83. The van der Waals surface area contributed by atoms with E-state index in [-0.39, 0.29) is 0 Å². The van der Waals surface area contributed by atoms with Crippen molar-refractivity contribution in [1.82, 2.24) is 4.98 Å². The van der Waals surface area contributed by atoms with Crippen molar-refractivity contribution in [3.05, 3.63) is 46.4 Å². The molecule has 0 unspecified atom stereocenters. The van der Waals surface area contributed by atoms with Crippen LogP contribution in [0.2, 0.25) is 0 Å². The summed E-state index contributed by atoms with van der Waals surface area (Å²) in [6, 6.07) is 8.82. The molecule has 0 N–H and O–H groups in total. The highest BCUT2D eigenvalue weighted by atomic mass is 35.5. The minimum Gasteiger partial charge on any atom is -0.364 e. The number of thiophene rings is 1. The Kier molecular flexibility index (Phi) is 4.61. The van der Waals surface area contributed by atoms with Crippen LogP contribution in [0.25, 0.3) is 0 Å². The summed E-state index contributed by atoms with van der Waals surface area (Å²) < 4.78 is 0. The second kappa shape index (κ2) is 6.21. The number of nitrogens with zero attached hydrogens (tertiary/aromatic N) is 2. The van der Waals surface area contributed by atoms with Gasteiger partial charge in [0.15, 0.2) is 0 Å². The van der Waals surface area contributed by atoms with E-state index < -0.39 is 0 Å². The first-order valence-electron chi connectivity index (χ1n) is 6.00. The van der Waals surface area contributed by atoms with E-state index in [1.165, 1.54) is 10.6 Å². The highest BCUT2D eigenvalue weighted by molar-refractivity contribution is 7.09. The van der Waals surface area contributed by atoms with E-state index in [9.17, 15) is 0 Å². The molecule has 0 spiro atoms. The molecule has 4 heteroatoms. The van der Waals surface area contributed by atoms with Crippen LogP contribution in [0.15, 0.2) is 35.8 Å². The Morgan fingerprint density at radius 3 is 2.83 bits per heavy atom.